The first-order chi connectivity index (χ1) is 11.1. The van der Waals surface area contributed by atoms with Gasteiger partial charge in [-0.2, -0.15) is 0 Å². The van der Waals surface area contributed by atoms with Gasteiger partial charge in [-0.3, -0.25) is 0 Å². The van der Waals surface area contributed by atoms with E-state index < -0.39 is 12.2 Å². The molecule has 120 valence electrons. The summed E-state index contributed by atoms with van der Waals surface area (Å²) in [4.78, 5) is 13.9. The number of fused-ring (bicyclic) bond motifs is 1. The Balaban J connectivity index is 1.82. The first-order valence-corrected chi connectivity index (χ1v) is 7.37. The molecule has 2 aromatic heterocycles. The molecular formula is C16H17F2N5. The lowest BCUT2D eigenvalue weighted by Gasteiger charge is -2.20. The highest BCUT2D eigenvalue weighted by Gasteiger charge is 2.17. The SMILES string of the molecule is CN(CCCn1ccnc1)c1nc(C(F)F)nc2ccccc12. The lowest BCUT2D eigenvalue weighted by Crippen LogP contribution is -2.22. The Morgan fingerprint density at radius 1 is 1.22 bits per heavy atom. The van der Waals surface area contributed by atoms with Gasteiger partial charge in [-0.1, -0.05) is 12.1 Å². The highest BCUT2D eigenvalue weighted by molar-refractivity contribution is 5.89. The first-order valence-electron chi connectivity index (χ1n) is 7.37. The van der Waals surface area contributed by atoms with Gasteiger partial charge >= 0.3 is 0 Å². The second-order valence-electron chi connectivity index (χ2n) is 5.30. The first kappa shape index (κ1) is 15.3. The van der Waals surface area contributed by atoms with Crippen LogP contribution in [0.2, 0.25) is 0 Å². The second kappa shape index (κ2) is 6.68. The van der Waals surface area contributed by atoms with Crippen molar-refractivity contribution in [3.05, 3.63) is 48.8 Å². The molecule has 5 nitrogen and oxygen atoms in total. The number of halogens is 2. The summed E-state index contributed by atoms with van der Waals surface area (Å²) in [6.45, 7) is 1.51. The van der Waals surface area contributed by atoms with Crippen LogP contribution in [0.1, 0.15) is 18.7 Å². The summed E-state index contributed by atoms with van der Waals surface area (Å²) < 4.78 is 28.0. The molecule has 3 aromatic rings. The monoisotopic (exact) mass is 317 g/mol. The van der Waals surface area contributed by atoms with E-state index in [0.717, 1.165) is 18.4 Å². The third-order valence-corrected chi connectivity index (χ3v) is 3.63. The highest BCUT2D eigenvalue weighted by Crippen LogP contribution is 2.26. The smallest absolute Gasteiger partial charge is 0.297 e. The van der Waals surface area contributed by atoms with E-state index in [1.807, 2.05) is 34.8 Å². The molecule has 0 atom stereocenters. The summed E-state index contributed by atoms with van der Waals surface area (Å²) >= 11 is 0. The van der Waals surface area contributed by atoms with Gasteiger partial charge in [0.25, 0.3) is 6.43 Å². The van der Waals surface area contributed by atoms with Crippen LogP contribution in [0.25, 0.3) is 10.9 Å². The minimum atomic E-state index is -2.68. The Kier molecular flexibility index (Phi) is 4.45. The molecule has 0 aliphatic carbocycles. The number of aryl methyl sites for hydroxylation is 1. The maximum absolute atomic E-state index is 13.0. The highest BCUT2D eigenvalue weighted by atomic mass is 19.3. The van der Waals surface area contributed by atoms with Gasteiger partial charge in [-0.05, 0) is 18.6 Å². The lowest BCUT2D eigenvalue weighted by molar-refractivity contribution is 0.141. The number of hydrogen-bond acceptors (Lipinski definition) is 4. The minimum Gasteiger partial charge on any atom is -0.359 e. The molecule has 0 saturated carbocycles. The molecule has 0 aliphatic heterocycles. The third-order valence-electron chi connectivity index (χ3n) is 3.63. The number of aromatic nitrogens is 4. The van der Waals surface area contributed by atoms with Crippen LogP contribution in [0.5, 0.6) is 0 Å². The van der Waals surface area contributed by atoms with Crippen LogP contribution in [-0.2, 0) is 6.54 Å². The summed E-state index contributed by atoms with van der Waals surface area (Å²) in [6.07, 6.45) is 3.56. The molecule has 7 heteroatoms. The van der Waals surface area contributed by atoms with E-state index in [0.29, 0.717) is 17.9 Å². The van der Waals surface area contributed by atoms with Crippen molar-refractivity contribution >= 4 is 16.7 Å². The van der Waals surface area contributed by atoms with Gasteiger partial charge in [-0.15, -0.1) is 0 Å². The van der Waals surface area contributed by atoms with Crippen molar-refractivity contribution in [2.24, 2.45) is 0 Å². The van der Waals surface area contributed by atoms with Crippen molar-refractivity contribution < 1.29 is 8.78 Å². The zero-order valence-corrected chi connectivity index (χ0v) is 12.7. The van der Waals surface area contributed by atoms with Crippen molar-refractivity contribution in [3.8, 4) is 0 Å². The van der Waals surface area contributed by atoms with Gasteiger partial charge < -0.3 is 9.47 Å². The number of benzene rings is 1. The summed E-state index contributed by atoms with van der Waals surface area (Å²) in [7, 11) is 1.86. The molecule has 3 rings (SSSR count). The van der Waals surface area contributed by atoms with Crippen LogP contribution >= 0.6 is 0 Å². The Labute approximate surface area is 132 Å². The maximum atomic E-state index is 13.0. The molecule has 0 amide bonds. The number of imidazole rings is 1. The van der Waals surface area contributed by atoms with E-state index in [2.05, 4.69) is 15.0 Å². The van der Waals surface area contributed by atoms with Gasteiger partial charge in [0, 0.05) is 37.9 Å². The maximum Gasteiger partial charge on any atom is 0.297 e. The van der Waals surface area contributed by atoms with E-state index in [-0.39, 0.29) is 0 Å². The third kappa shape index (κ3) is 3.44. The van der Waals surface area contributed by atoms with Gasteiger partial charge in [0.1, 0.15) is 5.82 Å². The quantitative estimate of drug-likeness (QED) is 0.700. The van der Waals surface area contributed by atoms with Crippen molar-refractivity contribution in [2.75, 3.05) is 18.5 Å². The average Bonchev–Trinajstić information content (AvgIpc) is 3.07. The number of hydrogen-bond donors (Lipinski definition) is 0. The van der Waals surface area contributed by atoms with Crippen molar-refractivity contribution in [1.82, 2.24) is 19.5 Å². The van der Waals surface area contributed by atoms with Crippen LogP contribution in [0.4, 0.5) is 14.6 Å². The van der Waals surface area contributed by atoms with Gasteiger partial charge in [0.15, 0.2) is 5.82 Å². The summed E-state index contributed by atoms with van der Waals surface area (Å²) in [5.74, 6) is 0.108. The Morgan fingerprint density at radius 3 is 2.78 bits per heavy atom. The molecule has 0 radical (unpaired) electrons. The molecule has 0 N–H and O–H groups in total. The summed E-state index contributed by atoms with van der Waals surface area (Å²) in [6, 6.07) is 7.22. The molecule has 2 heterocycles. The molecular weight excluding hydrogens is 300 g/mol. The molecule has 1 aromatic carbocycles. The normalized spacial score (nSPS) is 11.3. The Morgan fingerprint density at radius 2 is 2.04 bits per heavy atom. The predicted molar refractivity (Wildman–Crippen MR) is 84.6 cm³/mol. The molecule has 0 unspecified atom stereocenters. The second-order valence-corrected chi connectivity index (χ2v) is 5.30. The van der Waals surface area contributed by atoms with Crippen LogP contribution in [0.3, 0.4) is 0 Å². The fourth-order valence-corrected chi connectivity index (χ4v) is 2.48. The predicted octanol–water partition coefficient (Wildman–Crippen LogP) is 3.29. The molecule has 0 fully saturated rings. The standard InChI is InChI=1S/C16H17F2N5/c1-22(8-4-9-23-10-7-19-11-23)16-12-5-2-3-6-13(12)20-15(21-16)14(17)18/h2-3,5-7,10-11,14H,4,8-9H2,1H3. The van der Waals surface area contributed by atoms with E-state index in [1.165, 1.54) is 0 Å². The van der Waals surface area contributed by atoms with Gasteiger partial charge in [0.05, 0.1) is 11.8 Å². The average molecular weight is 317 g/mol. The Bertz CT molecular complexity index is 773. The molecule has 23 heavy (non-hydrogen) atoms. The molecule has 0 spiro atoms. The van der Waals surface area contributed by atoms with Crippen LogP contribution in [-0.4, -0.2) is 33.1 Å². The number of rotatable bonds is 6. The summed E-state index contributed by atoms with van der Waals surface area (Å²) in [5, 5.41) is 0.780. The topological polar surface area (TPSA) is 46.8 Å². The van der Waals surface area contributed by atoms with E-state index in [4.69, 9.17) is 0 Å². The van der Waals surface area contributed by atoms with Gasteiger partial charge in [0.2, 0.25) is 0 Å². The van der Waals surface area contributed by atoms with Crippen LogP contribution in [0, 0.1) is 0 Å². The zero-order valence-electron chi connectivity index (χ0n) is 12.7. The largest absolute Gasteiger partial charge is 0.359 e. The number of nitrogens with zero attached hydrogens (tertiary/aromatic N) is 5. The van der Waals surface area contributed by atoms with E-state index in [9.17, 15) is 8.78 Å². The van der Waals surface area contributed by atoms with E-state index in [1.54, 1.807) is 24.7 Å². The number of alkyl halides is 2. The fraction of sp³-hybridized carbons (Fsp3) is 0.312. The van der Waals surface area contributed by atoms with Crippen molar-refractivity contribution in [2.45, 2.75) is 19.4 Å². The molecule has 0 saturated heterocycles. The minimum absolute atomic E-state index is 0.430. The fourth-order valence-electron chi connectivity index (χ4n) is 2.48. The van der Waals surface area contributed by atoms with Crippen LogP contribution in [0.15, 0.2) is 43.0 Å². The van der Waals surface area contributed by atoms with Gasteiger partial charge in [-0.25, -0.2) is 23.7 Å². The Hall–Kier alpha value is -2.57. The van der Waals surface area contributed by atoms with E-state index >= 15 is 0 Å². The van der Waals surface area contributed by atoms with Crippen molar-refractivity contribution in [3.63, 3.8) is 0 Å². The summed E-state index contributed by atoms with van der Waals surface area (Å²) in [5.41, 5.74) is 0.536. The number of para-hydroxylation sites is 1. The lowest BCUT2D eigenvalue weighted by atomic mass is 10.2. The number of anilines is 1. The van der Waals surface area contributed by atoms with Crippen LogP contribution < -0.4 is 4.90 Å². The van der Waals surface area contributed by atoms with Crippen molar-refractivity contribution in [1.29, 1.82) is 0 Å². The zero-order chi connectivity index (χ0) is 16.2. The molecule has 0 aliphatic rings. The molecule has 0 bridgehead atoms.